The minimum Gasteiger partial charge on any atom is -0.494 e. The van der Waals surface area contributed by atoms with Gasteiger partial charge in [0.05, 0.1) is 12.9 Å². The van der Waals surface area contributed by atoms with Crippen LogP contribution in [0.5, 0.6) is 0 Å². The molecular weight excluding hydrogens is 192 g/mol. The molecule has 0 aliphatic carbocycles. The topological polar surface area (TPSA) is 70.5 Å². The maximum Gasteiger partial charge on any atom is 0.118 e. The summed E-state index contributed by atoms with van der Waals surface area (Å²) in [5.74, 6) is 0.488. The fourth-order valence-electron chi connectivity index (χ4n) is 1.36. The number of ether oxygens (including phenoxy) is 2. The van der Waals surface area contributed by atoms with Gasteiger partial charge in [0.15, 0.2) is 0 Å². The van der Waals surface area contributed by atoms with E-state index in [1.54, 1.807) is 0 Å². The first-order valence-electron chi connectivity index (χ1n) is 5.41. The van der Waals surface area contributed by atoms with E-state index in [1.807, 2.05) is 13.8 Å². The van der Waals surface area contributed by atoms with Gasteiger partial charge in [0.25, 0.3) is 0 Å². The molecule has 4 nitrogen and oxygen atoms in total. The Labute approximate surface area is 92.6 Å². The van der Waals surface area contributed by atoms with Crippen molar-refractivity contribution in [3.63, 3.8) is 0 Å². The molecule has 0 aromatic carbocycles. The average molecular weight is 216 g/mol. The molecule has 90 valence electrons. The van der Waals surface area contributed by atoms with Crippen LogP contribution in [0.15, 0.2) is 12.5 Å². The normalized spacial score (nSPS) is 17.6. The van der Waals surface area contributed by atoms with E-state index in [-0.39, 0.29) is 12.1 Å². The third-order valence-corrected chi connectivity index (χ3v) is 1.92. The van der Waals surface area contributed by atoms with Crippen LogP contribution in [0.3, 0.4) is 0 Å². The van der Waals surface area contributed by atoms with Gasteiger partial charge < -0.3 is 20.9 Å². The van der Waals surface area contributed by atoms with Crippen molar-refractivity contribution >= 4 is 0 Å². The molecular formula is C11H24N2O2. The van der Waals surface area contributed by atoms with E-state index in [2.05, 4.69) is 6.92 Å². The van der Waals surface area contributed by atoms with Crippen molar-refractivity contribution in [1.29, 1.82) is 0 Å². The first-order valence-corrected chi connectivity index (χ1v) is 5.41. The molecule has 3 unspecified atom stereocenters. The van der Waals surface area contributed by atoms with Crippen LogP contribution < -0.4 is 11.5 Å². The second kappa shape index (κ2) is 8.56. The molecule has 0 aromatic rings. The lowest BCUT2D eigenvalue weighted by Gasteiger charge is -2.16. The van der Waals surface area contributed by atoms with E-state index in [0.717, 1.165) is 13.0 Å². The molecule has 0 aliphatic heterocycles. The van der Waals surface area contributed by atoms with Gasteiger partial charge in [-0.05, 0) is 26.2 Å². The molecule has 0 bridgehead atoms. The van der Waals surface area contributed by atoms with Crippen LogP contribution in [0.4, 0.5) is 0 Å². The Bertz CT molecular complexity index is 172. The zero-order valence-electron chi connectivity index (χ0n) is 9.98. The van der Waals surface area contributed by atoms with Crippen molar-refractivity contribution < 1.29 is 9.47 Å². The maximum absolute atomic E-state index is 5.69. The average Bonchev–Trinajstić information content (AvgIpc) is 2.13. The van der Waals surface area contributed by atoms with Crippen LogP contribution >= 0.6 is 0 Å². The second-order valence-electron chi connectivity index (χ2n) is 4.13. The first kappa shape index (κ1) is 14.3. The molecule has 0 heterocycles. The Kier molecular flexibility index (Phi) is 8.14. The largest absolute Gasteiger partial charge is 0.494 e. The van der Waals surface area contributed by atoms with Crippen LogP contribution in [0.2, 0.25) is 0 Å². The van der Waals surface area contributed by atoms with Gasteiger partial charge in [-0.3, -0.25) is 0 Å². The highest BCUT2D eigenvalue weighted by atomic mass is 16.5. The van der Waals surface area contributed by atoms with Crippen LogP contribution in [0.1, 0.15) is 27.2 Å². The fourth-order valence-corrected chi connectivity index (χ4v) is 1.36. The van der Waals surface area contributed by atoms with Crippen LogP contribution in [0, 0.1) is 5.92 Å². The summed E-state index contributed by atoms with van der Waals surface area (Å²) in [6, 6.07) is 0.234. The number of hydrogen-bond donors (Lipinski definition) is 2. The second-order valence-corrected chi connectivity index (χ2v) is 4.13. The molecule has 0 saturated carbocycles. The summed E-state index contributed by atoms with van der Waals surface area (Å²) in [6.45, 7) is 7.38. The van der Waals surface area contributed by atoms with Crippen molar-refractivity contribution in [3.05, 3.63) is 12.5 Å². The lowest BCUT2D eigenvalue weighted by atomic mass is 10.1. The molecule has 0 aromatic heterocycles. The zero-order valence-corrected chi connectivity index (χ0v) is 9.98. The predicted octanol–water partition coefficient (Wildman–Crippen LogP) is 1.21. The third-order valence-electron chi connectivity index (χ3n) is 1.92. The lowest BCUT2D eigenvalue weighted by Crippen LogP contribution is -2.22. The van der Waals surface area contributed by atoms with Crippen molar-refractivity contribution in [1.82, 2.24) is 0 Å². The molecule has 4 N–H and O–H groups in total. The Morgan fingerprint density at radius 3 is 2.40 bits per heavy atom. The van der Waals surface area contributed by atoms with Crippen LogP contribution in [-0.2, 0) is 9.47 Å². The lowest BCUT2D eigenvalue weighted by molar-refractivity contribution is 0.0222. The number of nitrogens with two attached hydrogens (primary N) is 2. The van der Waals surface area contributed by atoms with Gasteiger partial charge in [0, 0.05) is 18.8 Å². The molecule has 0 aliphatic rings. The molecule has 0 fully saturated rings. The predicted molar refractivity (Wildman–Crippen MR) is 62.1 cm³/mol. The van der Waals surface area contributed by atoms with Gasteiger partial charge in [0.1, 0.15) is 6.10 Å². The number of hydrogen-bond acceptors (Lipinski definition) is 4. The summed E-state index contributed by atoms with van der Waals surface area (Å²) >= 11 is 0. The molecule has 0 rings (SSSR count). The highest BCUT2D eigenvalue weighted by Gasteiger charge is 2.07. The van der Waals surface area contributed by atoms with Gasteiger partial charge in [-0.1, -0.05) is 6.92 Å². The molecule has 0 radical (unpaired) electrons. The molecule has 3 atom stereocenters. The molecule has 0 amide bonds. The summed E-state index contributed by atoms with van der Waals surface area (Å²) in [7, 11) is 0. The highest BCUT2D eigenvalue weighted by molar-refractivity contribution is 4.66. The summed E-state index contributed by atoms with van der Waals surface area (Å²) < 4.78 is 10.7. The number of rotatable bonds is 8. The van der Waals surface area contributed by atoms with E-state index in [1.165, 1.54) is 12.5 Å². The summed E-state index contributed by atoms with van der Waals surface area (Å²) in [5.41, 5.74) is 10.8. The molecule has 0 saturated heterocycles. The minimum absolute atomic E-state index is 0.0345. The molecule has 15 heavy (non-hydrogen) atoms. The van der Waals surface area contributed by atoms with Crippen molar-refractivity contribution in [2.75, 3.05) is 13.2 Å². The minimum atomic E-state index is 0.0345. The molecule has 4 heteroatoms. The van der Waals surface area contributed by atoms with Crippen molar-refractivity contribution in [2.45, 2.75) is 39.3 Å². The van der Waals surface area contributed by atoms with Gasteiger partial charge in [-0.15, -0.1) is 0 Å². The van der Waals surface area contributed by atoms with Crippen LogP contribution in [0.25, 0.3) is 0 Å². The summed E-state index contributed by atoms with van der Waals surface area (Å²) in [4.78, 5) is 0. The Balaban J connectivity index is 3.43. The first-order chi connectivity index (χ1) is 7.06. The highest BCUT2D eigenvalue weighted by Crippen LogP contribution is 2.05. The molecule has 0 spiro atoms. The van der Waals surface area contributed by atoms with E-state index in [9.17, 15) is 0 Å². The zero-order chi connectivity index (χ0) is 11.7. The quantitative estimate of drug-likeness (QED) is 0.598. The summed E-state index contributed by atoms with van der Waals surface area (Å²) in [6.07, 6.45) is 3.86. The van der Waals surface area contributed by atoms with Crippen molar-refractivity contribution in [2.24, 2.45) is 17.4 Å². The van der Waals surface area contributed by atoms with Gasteiger partial charge in [0.2, 0.25) is 0 Å². The van der Waals surface area contributed by atoms with E-state index >= 15 is 0 Å². The van der Waals surface area contributed by atoms with Gasteiger partial charge in [-0.25, -0.2) is 0 Å². The van der Waals surface area contributed by atoms with Gasteiger partial charge >= 0.3 is 0 Å². The fraction of sp³-hybridized carbons (Fsp3) is 0.818. The maximum atomic E-state index is 5.69. The van der Waals surface area contributed by atoms with Crippen LogP contribution in [-0.4, -0.2) is 25.4 Å². The monoisotopic (exact) mass is 216 g/mol. The Hall–Kier alpha value is -0.740. The third kappa shape index (κ3) is 9.56. The Morgan fingerprint density at radius 2 is 1.87 bits per heavy atom. The smallest absolute Gasteiger partial charge is 0.118 e. The SMILES string of the molecule is CC(N)CC(C)COCC(C)O/C=C/N. The van der Waals surface area contributed by atoms with E-state index < -0.39 is 0 Å². The van der Waals surface area contributed by atoms with E-state index in [0.29, 0.717) is 12.5 Å². The Morgan fingerprint density at radius 1 is 1.20 bits per heavy atom. The van der Waals surface area contributed by atoms with Gasteiger partial charge in [-0.2, -0.15) is 0 Å². The summed E-state index contributed by atoms with van der Waals surface area (Å²) in [5, 5.41) is 0. The van der Waals surface area contributed by atoms with Crippen molar-refractivity contribution in [3.8, 4) is 0 Å². The standard InChI is InChI=1S/C11H24N2O2/c1-9(6-10(2)13)7-14-8-11(3)15-5-4-12/h4-5,9-11H,6-8,12-13H2,1-3H3/b5-4+. The van der Waals surface area contributed by atoms with E-state index in [4.69, 9.17) is 20.9 Å².